The zero-order valence-corrected chi connectivity index (χ0v) is 14.7. The summed E-state index contributed by atoms with van der Waals surface area (Å²) >= 11 is 2.72. The lowest BCUT2D eigenvalue weighted by Crippen LogP contribution is -1.92. The van der Waals surface area contributed by atoms with E-state index >= 15 is 0 Å². The standard InChI is InChI=1S/C14H12N6O2S2/c1-7-11(24-19-15-7)12-16-17-14-20(12)18-13(23-14)8-4-9(21-2)6-10(5-8)22-3/h4-6H,1-3H3. The Morgan fingerprint density at radius 3 is 2.38 bits per heavy atom. The van der Waals surface area contributed by atoms with Crippen molar-refractivity contribution in [2.45, 2.75) is 6.92 Å². The van der Waals surface area contributed by atoms with E-state index in [1.807, 2.05) is 25.1 Å². The lowest BCUT2D eigenvalue weighted by atomic mass is 10.2. The predicted molar refractivity (Wildman–Crippen MR) is 90.8 cm³/mol. The molecule has 122 valence electrons. The van der Waals surface area contributed by atoms with Gasteiger partial charge in [0, 0.05) is 11.6 Å². The van der Waals surface area contributed by atoms with Crippen LogP contribution in [0, 0.1) is 6.92 Å². The van der Waals surface area contributed by atoms with Gasteiger partial charge in [-0.05, 0) is 30.6 Å². The Morgan fingerprint density at radius 2 is 1.75 bits per heavy atom. The average molecular weight is 360 g/mol. The highest BCUT2D eigenvalue weighted by Crippen LogP contribution is 2.33. The van der Waals surface area contributed by atoms with Crippen LogP contribution in [0.25, 0.3) is 26.2 Å². The summed E-state index contributed by atoms with van der Waals surface area (Å²) in [7, 11) is 3.24. The molecule has 4 rings (SSSR count). The van der Waals surface area contributed by atoms with E-state index in [9.17, 15) is 0 Å². The summed E-state index contributed by atoms with van der Waals surface area (Å²) in [4.78, 5) is 1.57. The van der Waals surface area contributed by atoms with E-state index in [2.05, 4.69) is 24.9 Å². The molecule has 10 heteroatoms. The van der Waals surface area contributed by atoms with Crippen LogP contribution >= 0.6 is 22.9 Å². The van der Waals surface area contributed by atoms with Crippen LogP contribution in [0.1, 0.15) is 5.69 Å². The Kier molecular flexibility index (Phi) is 3.62. The Balaban J connectivity index is 1.85. The molecule has 0 unspecified atom stereocenters. The zero-order chi connectivity index (χ0) is 16.7. The molecule has 8 nitrogen and oxygen atoms in total. The Hall–Kier alpha value is -2.59. The molecule has 3 aromatic heterocycles. The normalized spacial score (nSPS) is 11.1. The molecule has 0 aliphatic heterocycles. The molecular weight excluding hydrogens is 348 g/mol. The van der Waals surface area contributed by atoms with Crippen molar-refractivity contribution in [3.05, 3.63) is 23.9 Å². The number of rotatable bonds is 4. The minimum Gasteiger partial charge on any atom is -0.497 e. The molecule has 1 aromatic carbocycles. The molecule has 4 aromatic rings. The third-order valence-corrected chi connectivity index (χ3v) is 5.22. The average Bonchev–Trinajstić information content (AvgIpc) is 3.29. The Labute approximate surface area is 144 Å². The van der Waals surface area contributed by atoms with E-state index in [0.717, 1.165) is 21.1 Å². The largest absolute Gasteiger partial charge is 0.497 e. The molecule has 0 saturated heterocycles. The minimum absolute atomic E-state index is 0.648. The Morgan fingerprint density at radius 1 is 1.00 bits per heavy atom. The number of hydrogen-bond acceptors (Lipinski definition) is 9. The van der Waals surface area contributed by atoms with Gasteiger partial charge in [-0.2, -0.15) is 9.61 Å². The number of methoxy groups -OCH3 is 2. The summed E-state index contributed by atoms with van der Waals surface area (Å²) in [6, 6.07) is 5.64. The lowest BCUT2D eigenvalue weighted by molar-refractivity contribution is 0.394. The van der Waals surface area contributed by atoms with Crippen LogP contribution < -0.4 is 9.47 Å². The molecule has 0 amide bonds. The van der Waals surface area contributed by atoms with Crippen molar-refractivity contribution in [2.75, 3.05) is 14.2 Å². The van der Waals surface area contributed by atoms with Crippen LogP contribution in [0.2, 0.25) is 0 Å². The third-order valence-electron chi connectivity index (χ3n) is 3.44. The van der Waals surface area contributed by atoms with Gasteiger partial charge in [-0.25, -0.2) is 0 Å². The fraction of sp³-hybridized carbons (Fsp3) is 0.214. The molecule has 0 N–H and O–H groups in total. The topological polar surface area (TPSA) is 87.3 Å². The molecule has 0 aliphatic carbocycles. The zero-order valence-electron chi connectivity index (χ0n) is 13.0. The smallest absolute Gasteiger partial charge is 0.235 e. The lowest BCUT2D eigenvalue weighted by Gasteiger charge is -2.06. The number of benzene rings is 1. The summed E-state index contributed by atoms with van der Waals surface area (Å²) < 4.78 is 16.3. The first-order valence-electron chi connectivity index (χ1n) is 6.94. The van der Waals surface area contributed by atoms with Gasteiger partial charge in [0.15, 0.2) is 5.82 Å². The van der Waals surface area contributed by atoms with Gasteiger partial charge in [-0.1, -0.05) is 15.8 Å². The van der Waals surface area contributed by atoms with Gasteiger partial charge in [0.1, 0.15) is 21.4 Å². The molecule has 0 saturated carbocycles. The van der Waals surface area contributed by atoms with Crippen molar-refractivity contribution in [3.63, 3.8) is 0 Å². The molecule has 24 heavy (non-hydrogen) atoms. The monoisotopic (exact) mass is 360 g/mol. The summed E-state index contributed by atoms with van der Waals surface area (Å²) in [6.45, 7) is 1.89. The van der Waals surface area contributed by atoms with Gasteiger partial charge >= 0.3 is 0 Å². The highest BCUT2D eigenvalue weighted by atomic mass is 32.1. The van der Waals surface area contributed by atoms with Gasteiger partial charge in [-0.15, -0.1) is 15.3 Å². The van der Waals surface area contributed by atoms with Gasteiger partial charge in [-0.3, -0.25) is 0 Å². The first-order chi connectivity index (χ1) is 11.7. The SMILES string of the molecule is COc1cc(OC)cc(-c2nn3c(-c4snnc4C)nnc3s2)c1. The molecule has 3 heterocycles. The summed E-state index contributed by atoms with van der Waals surface area (Å²) in [5, 5.41) is 17.9. The van der Waals surface area contributed by atoms with Crippen molar-refractivity contribution in [2.24, 2.45) is 0 Å². The Bertz CT molecular complexity index is 999. The number of nitrogens with zero attached hydrogens (tertiary/aromatic N) is 6. The quantitative estimate of drug-likeness (QED) is 0.553. The van der Waals surface area contributed by atoms with Crippen molar-refractivity contribution in [3.8, 4) is 32.8 Å². The van der Waals surface area contributed by atoms with E-state index in [-0.39, 0.29) is 0 Å². The number of ether oxygens (including phenoxy) is 2. The predicted octanol–water partition coefficient (Wildman–Crippen LogP) is 2.70. The van der Waals surface area contributed by atoms with Crippen LogP contribution in [-0.2, 0) is 0 Å². The van der Waals surface area contributed by atoms with E-state index in [1.165, 1.54) is 22.9 Å². The number of hydrogen-bond donors (Lipinski definition) is 0. The molecular formula is C14H12N6O2S2. The van der Waals surface area contributed by atoms with E-state index in [1.54, 1.807) is 18.7 Å². The van der Waals surface area contributed by atoms with Crippen LogP contribution in [0.5, 0.6) is 11.5 Å². The molecule has 0 atom stereocenters. The maximum atomic E-state index is 5.32. The summed E-state index contributed by atoms with van der Waals surface area (Å²) in [5.74, 6) is 2.06. The van der Waals surface area contributed by atoms with Crippen LogP contribution in [0.4, 0.5) is 0 Å². The second-order valence-corrected chi connectivity index (χ2v) is 6.62. The minimum atomic E-state index is 0.648. The van der Waals surface area contributed by atoms with Crippen molar-refractivity contribution < 1.29 is 9.47 Å². The molecule has 0 bridgehead atoms. The fourth-order valence-corrected chi connectivity index (χ4v) is 3.70. The first kappa shape index (κ1) is 15.0. The van der Waals surface area contributed by atoms with E-state index in [0.29, 0.717) is 22.3 Å². The molecule has 0 aliphatic rings. The fourth-order valence-electron chi connectivity index (χ4n) is 2.24. The van der Waals surface area contributed by atoms with Gasteiger partial charge in [0.25, 0.3) is 0 Å². The molecule has 0 spiro atoms. The van der Waals surface area contributed by atoms with E-state index < -0.39 is 0 Å². The molecule has 0 radical (unpaired) electrons. The van der Waals surface area contributed by atoms with Crippen LogP contribution in [0.3, 0.4) is 0 Å². The van der Waals surface area contributed by atoms with Crippen molar-refractivity contribution in [1.29, 1.82) is 0 Å². The highest BCUT2D eigenvalue weighted by Gasteiger charge is 2.18. The van der Waals surface area contributed by atoms with Crippen LogP contribution in [0.15, 0.2) is 18.2 Å². The number of fused-ring (bicyclic) bond motifs is 1. The second kappa shape index (κ2) is 5.80. The van der Waals surface area contributed by atoms with Gasteiger partial charge in [0.2, 0.25) is 4.96 Å². The van der Waals surface area contributed by atoms with Gasteiger partial charge < -0.3 is 9.47 Å². The van der Waals surface area contributed by atoms with E-state index in [4.69, 9.17) is 9.47 Å². The maximum Gasteiger partial charge on any atom is 0.235 e. The third kappa shape index (κ3) is 2.39. The number of aryl methyl sites for hydroxylation is 1. The van der Waals surface area contributed by atoms with Crippen LogP contribution in [-0.4, -0.2) is 43.6 Å². The second-order valence-electron chi connectivity index (χ2n) is 4.91. The maximum absolute atomic E-state index is 5.32. The van der Waals surface area contributed by atoms with Crippen molar-refractivity contribution >= 4 is 27.8 Å². The highest BCUT2D eigenvalue weighted by molar-refractivity contribution is 7.19. The summed E-state index contributed by atoms with van der Waals surface area (Å²) in [5.41, 5.74) is 1.71. The van der Waals surface area contributed by atoms with Gasteiger partial charge in [0.05, 0.1) is 19.9 Å². The first-order valence-corrected chi connectivity index (χ1v) is 8.53. The number of aromatic nitrogens is 6. The molecule has 0 fully saturated rings. The van der Waals surface area contributed by atoms with Crippen molar-refractivity contribution in [1.82, 2.24) is 29.4 Å². The summed E-state index contributed by atoms with van der Waals surface area (Å²) in [6.07, 6.45) is 0.